The summed E-state index contributed by atoms with van der Waals surface area (Å²) >= 11 is 0. The summed E-state index contributed by atoms with van der Waals surface area (Å²) in [7, 11) is 1.33. The van der Waals surface area contributed by atoms with E-state index in [4.69, 9.17) is 4.74 Å². The molecule has 2 rings (SSSR count). The number of aryl methyl sites for hydroxylation is 2. The highest BCUT2D eigenvalue weighted by atomic mass is 16.5. The summed E-state index contributed by atoms with van der Waals surface area (Å²) in [5.41, 5.74) is 2.45. The Balaban J connectivity index is 1.94. The summed E-state index contributed by atoms with van der Waals surface area (Å²) in [4.78, 5) is 11.7. The molecule has 2 aromatic rings. The van der Waals surface area contributed by atoms with Gasteiger partial charge in [0.2, 0.25) is 0 Å². The molecule has 0 spiro atoms. The molecule has 0 aliphatic carbocycles. The van der Waals surface area contributed by atoms with Gasteiger partial charge in [-0.05, 0) is 42.9 Å². The molecule has 2 aromatic carbocycles. The van der Waals surface area contributed by atoms with Gasteiger partial charge in [0.1, 0.15) is 11.3 Å². The van der Waals surface area contributed by atoms with Gasteiger partial charge in [0.25, 0.3) is 0 Å². The first-order valence-electron chi connectivity index (χ1n) is 7.15. The molecule has 21 heavy (non-hydrogen) atoms. The Hall–Kier alpha value is -2.29. The van der Waals surface area contributed by atoms with Crippen molar-refractivity contribution in [2.24, 2.45) is 0 Å². The summed E-state index contributed by atoms with van der Waals surface area (Å²) in [5, 5.41) is 9.83. The maximum atomic E-state index is 11.7. The molecule has 3 heteroatoms. The maximum absolute atomic E-state index is 11.7. The quantitative estimate of drug-likeness (QED) is 0.649. The van der Waals surface area contributed by atoms with Crippen LogP contribution >= 0.6 is 0 Å². The number of esters is 1. The molecule has 0 saturated heterocycles. The standard InChI is InChI=1S/C18H20O3/c1-21-18(20)17-15(12-7-13-16(17)19)11-6-5-10-14-8-3-2-4-9-14/h2-4,7-9,12-13,19H,5-6,10-11H2,1H3. The van der Waals surface area contributed by atoms with E-state index in [0.29, 0.717) is 5.56 Å². The van der Waals surface area contributed by atoms with Crippen molar-refractivity contribution in [3.63, 3.8) is 0 Å². The summed E-state index contributed by atoms with van der Waals surface area (Å²) in [5.74, 6) is -0.492. The number of phenolic OH excluding ortho intramolecular Hbond substituents is 1. The van der Waals surface area contributed by atoms with E-state index >= 15 is 0 Å². The smallest absolute Gasteiger partial charge is 0.341 e. The lowest BCUT2D eigenvalue weighted by molar-refractivity contribution is 0.0596. The van der Waals surface area contributed by atoms with E-state index < -0.39 is 5.97 Å². The summed E-state index contributed by atoms with van der Waals surface area (Å²) in [6.07, 6.45) is 3.78. The molecule has 0 saturated carbocycles. The second-order valence-corrected chi connectivity index (χ2v) is 5.00. The fourth-order valence-electron chi connectivity index (χ4n) is 2.42. The van der Waals surface area contributed by atoms with Crippen LogP contribution in [0.5, 0.6) is 5.75 Å². The predicted molar refractivity (Wildman–Crippen MR) is 82.5 cm³/mol. The van der Waals surface area contributed by atoms with Crippen molar-refractivity contribution < 1.29 is 14.6 Å². The number of aromatic hydroxyl groups is 1. The molecule has 110 valence electrons. The van der Waals surface area contributed by atoms with E-state index in [-0.39, 0.29) is 5.75 Å². The molecule has 0 bridgehead atoms. The molecular weight excluding hydrogens is 264 g/mol. The third-order valence-corrected chi connectivity index (χ3v) is 3.52. The third kappa shape index (κ3) is 4.09. The van der Waals surface area contributed by atoms with E-state index in [1.165, 1.54) is 18.7 Å². The number of benzene rings is 2. The lowest BCUT2D eigenvalue weighted by atomic mass is 9.99. The lowest BCUT2D eigenvalue weighted by Gasteiger charge is -2.09. The maximum Gasteiger partial charge on any atom is 0.341 e. The van der Waals surface area contributed by atoms with Crippen molar-refractivity contribution in [3.05, 3.63) is 65.2 Å². The van der Waals surface area contributed by atoms with Gasteiger partial charge in [0.15, 0.2) is 0 Å². The minimum Gasteiger partial charge on any atom is -0.507 e. The van der Waals surface area contributed by atoms with Gasteiger partial charge in [-0.25, -0.2) is 4.79 Å². The zero-order chi connectivity index (χ0) is 15.1. The molecule has 0 aliphatic rings. The topological polar surface area (TPSA) is 46.5 Å². The number of hydrogen-bond donors (Lipinski definition) is 1. The first-order valence-corrected chi connectivity index (χ1v) is 7.15. The van der Waals surface area contributed by atoms with Crippen molar-refractivity contribution in [3.8, 4) is 5.75 Å². The van der Waals surface area contributed by atoms with Crippen LogP contribution in [0.3, 0.4) is 0 Å². The highest BCUT2D eigenvalue weighted by molar-refractivity contribution is 5.94. The molecule has 0 aromatic heterocycles. The van der Waals surface area contributed by atoms with Gasteiger partial charge in [0.05, 0.1) is 7.11 Å². The molecule has 0 unspecified atom stereocenters. The molecule has 0 amide bonds. The van der Waals surface area contributed by atoms with Crippen molar-refractivity contribution in [2.75, 3.05) is 7.11 Å². The number of methoxy groups -OCH3 is 1. The van der Waals surface area contributed by atoms with Crippen LogP contribution in [0, 0.1) is 0 Å². The molecule has 0 fully saturated rings. The number of unbranched alkanes of at least 4 members (excludes halogenated alkanes) is 1. The van der Waals surface area contributed by atoms with E-state index in [0.717, 1.165) is 31.2 Å². The number of carbonyl (C=O) groups is 1. The van der Waals surface area contributed by atoms with Gasteiger partial charge in [-0.2, -0.15) is 0 Å². The molecule has 3 nitrogen and oxygen atoms in total. The summed E-state index contributed by atoms with van der Waals surface area (Å²) in [6, 6.07) is 15.5. The molecular formula is C18H20O3. The highest BCUT2D eigenvalue weighted by Crippen LogP contribution is 2.23. The molecule has 1 N–H and O–H groups in total. The number of phenols is 1. The van der Waals surface area contributed by atoms with E-state index in [2.05, 4.69) is 12.1 Å². The van der Waals surface area contributed by atoms with Gasteiger partial charge in [-0.3, -0.25) is 0 Å². The molecule has 0 radical (unpaired) electrons. The van der Waals surface area contributed by atoms with Crippen LogP contribution < -0.4 is 0 Å². The Bertz CT molecular complexity index is 591. The van der Waals surface area contributed by atoms with Gasteiger partial charge in [-0.15, -0.1) is 0 Å². The Labute approximate surface area is 125 Å². The van der Waals surface area contributed by atoms with Crippen LogP contribution in [-0.4, -0.2) is 18.2 Å². The van der Waals surface area contributed by atoms with Crippen LogP contribution in [0.4, 0.5) is 0 Å². The van der Waals surface area contributed by atoms with Crippen molar-refractivity contribution in [2.45, 2.75) is 25.7 Å². The van der Waals surface area contributed by atoms with Gasteiger partial charge >= 0.3 is 5.97 Å². The molecule has 0 atom stereocenters. The fraction of sp³-hybridized carbons (Fsp3) is 0.278. The van der Waals surface area contributed by atoms with Crippen LogP contribution in [-0.2, 0) is 17.6 Å². The Morgan fingerprint density at radius 2 is 1.71 bits per heavy atom. The van der Waals surface area contributed by atoms with E-state index in [9.17, 15) is 9.90 Å². The first kappa shape index (κ1) is 15.1. The van der Waals surface area contributed by atoms with E-state index in [1.54, 1.807) is 6.07 Å². The Kier molecular flexibility index (Phi) is 5.38. The normalized spacial score (nSPS) is 10.3. The number of ether oxygens (including phenoxy) is 1. The molecule has 0 aliphatic heterocycles. The third-order valence-electron chi connectivity index (χ3n) is 3.52. The predicted octanol–water partition coefficient (Wildman–Crippen LogP) is 3.74. The van der Waals surface area contributed by atoms with E-state index in [1.807, 2.05) is 24.3 Å². The second-order valence-electron chi connectivity index (χ2n) is 5.00. The highest BCUT2D eigenvalue weighted by Gasteiger charge is 2.16. The van der Waals surface area contributed by atoms with Gasteiger partial charge in [-0.1, -0.05) is 42.5 Å². The van der Waals surface area contributed by atoms with Crippen LogP contribution in [0.15, 0.2) is 48.5 Å². The monoisotopic (exact) mass is 284 g/mol. The lowest BCUT2D eigenvalue weighted by Crippen LogP contribution is -2.06. The van der Waals surface area contributed by atoms with Crippen LogP contribution in [0.25, 0.3) is 0 Å². The zero-order valence-electron chi connectivity index (χ0n) is 12.2. The summed E-state index contributed by atoms with van der Waals surface area (Å²) in [6.45, 7) is 0. The minimum absolute atomic E-state index is 0.0117. The fourth-order valence-corrected chi connectivity index (χ4v) is 2.42. The SMILES string of the molecule is COC(=O)c1c(O)cccc1CCCCc1ccccc1. The first-order chi connectivity index (χ1) is 10.2. The number of carbonyl (C=O) groups excluding carboxylic acids is 1. The van der Waals surface area contributed by atoms with Gasteiger partial charge < -0.3 is 9.84 Å². The molecule has 0 heterocycles. The van der Waals surface area contributed by atoms with Crippen molar-refractivity contribution in [1.82, 2.24) is 0 Å². The Morgan fingerprint density at radius 1 is 1.00 bits per heavy atom. The van der Waals surface area contributed by atoms with Crippen LogP contribution in [0.1, 0.15) is 34.3 Å². The number of rotatable bonds is 6. The summed E-state index contributed by atoms with van der Waals surface area (Å²) < 4.78 is 4.73. The van der Waals surface area contributed by atoms with Crippen molar-refractivity contribution >= 4 is 5.97 Å². The minimum atomic E-state index is -0.480. The van der Waals surface area contributed by atoms with Crippen LogP contribution in [0.2, 0.25) is 0 Å². The average Bonchev–Trinajstić information content (AvgIpc) is 2.52. The largest absolute Gasteiger partial charge is 0.507 e. The van der Waals surface area contributed by atoms with Crippen molar-refractivity contribution in [1.29, 1.82) is 0 Å². The van der Waals surface area contributed by atoms with Gasteiger partial charge in [0, 0.05) is 0 Å². The average molecular weight is 284 g/mol. The number of hydrogen-bond acceptors (Lipinski definition) is 3. The Morgan fingerprint density at radius 3 is 2.43 bits per heavy atom. The zero-order valence-corrected chi connectivity index (χ0v) is 12.2. The second kappa shape index (κ2) is 7.48.